The second-order valence-corrected chi connectivity index (χ2v) is 6.88. The molecule has 0 aliphatic heterocycles. The van der Waals surface area contributed by atoms with Gasteiger partial charge in [0.2, 0.25) is 0 Å². The smallest absolute Gasteiger partial charge is 0.471 e. The average Bonchev–Trinajstić information content (AvgIpc) is 2.31. The lowest BCUT2D eigenvalue weighted by atomic mass is 10.2. The van der Waals surface area contributed by atoms with Crippen molar-refractivity contribution in [1.82, 2.24) is 5.32 Å². The maximum atomic E-state index is 11.9. The summed E-state index contributed by atoms with van der Waals surface area (Å²) in [5, 5.41) is 19.7. The largest absolute Gasteiger partial charge is 0.480 e. The monoisotopic (exact) mass is 390 g/mol. The Morgan fingerprint density at radius 1 is 1.36 bits per heavy atom. The lowest BCUT2D eigenvalue weighted by molar-refractivity contribution is -0.173. The van der Waals surface area contributed by atoms with Crippen LogP contribution in [0.25, 0.3) is 0 Å². The maximum absolute atomic E-state index is 11.9. The zero-order valence-corrected chi connectivity index (χ0v) is 14.5. The summed E-state index contributed by atoms with van der Waals surface area (Å²) in [7, 11) is -0.762. The van der Waals surface area contributed by atoms with Crippen LogP contribution >= 0.6 is 36.8 Å². The molecule has 22 heavy (non-hydrogen) atoms. The van der Waals surface area contributed by atoms with Crippen LogP contribution in [-0.2, 0) is 9.59 Å². The van der Waals surface area contributed by atoms with Crippen LogP contribution in [0.5, 0.6) is 0 Å². The highest BCUT2D eigenvalue weighted by molar-refractivity contribution is 8.16. The van der Waals surface area contributed by atoms with E-state index in [0.717, 1.165) is 0 Å². The lowest BCUT2D eigenvalue weighted by Crippen LogP contribution is -2.41. The van der Waals surface area contributed by atoms with E-state index >= 15 is 0 Å². The number of nitrogens with two attached hydrogens (primary N) is 1. The molecule has 0 aromatic carbocycles. The van der Waals surface area contributed by atoms with Gasteiger partial charge in [-0.05, 0) is 18.4 Å². The van der Waals surface area contributed by atoms with Gasteiger partial charge in [-0.3, -0.25) is 20.5 Å². The number of alkyl halides is 3. The van der Waals surface area contributed by atoms with Crippen LogP contribution in [0, 0.1) is 0 Å². The van der Waals surface area contributed by atoms with Gasteiger partial charge >= 0.3 is 18.1 Å². The standard InChI is InChI=1S/C10H19F3N2O4S.ClH.H2S/c1-20(3-2-7(14)8(17)18)5-6(16)4-15-9(19)10(11,12)13;;/h6-7,16,20H,2-5,14H2,1H3,(H,15,19)(H,17,18);1H;1H2/t6?,7-;;/m0../s1. The van der Waals surface area contributed by atoms with Crippen LogP contribution in [0.4, 0.5) is 13.2 Å². The minimum Gasteiger partial charge on any atom is -0.480 e. The highest BCUT2D eigenvalue weighted by atomic mass is 35.5. The Bertz CT molecular complexity index is 351. The number of carbonyl (C=O) groups excluding carboxylic acids is 1. The second-order valence-electron chi connectivity index (χ2n) is 4.36. The Labute approximate surface area is 142 Å². The number of thiol groups is 1. The number of hydrogen-bond donors (Lipinski definition) is 5. The summed E-state index contributed by atoms with van der Waals surface area (Å²) in [6, 6.07) is -0.984. The van der Waals surface area contributed by atoms with Gasteiger partial charge in [-0.2, -0.15) is 26.7 Å². The molecule has 0 fully saturated rings. The highest BCUT2D eigenvalue weighted by Crippen LogP contribution is 2.22. The fraction of sp³-hybridized carbons (Fsp3) is 0.800. The highest BCUT2D eigenvalue weighted by Gasteiger charge is 2.38. The molecule has 1 amide bonds. The first-order valence-electron chi connectivity index (χ1n) is 5.74. The van der Waals surface area contributed by atoms with Crippen LogP contribution in [-0.4, -0.2) is 64.7 Å². The van der Waals surface area contributed by atoms with Gasteiger partial charge < -0.3 is 21.3 Å². The topological polar surface area (TPSA) is 113 Å². The van der Waals surface area contributed by atoms with Crippen LogP contribution in [0.1, 0.15) is 6.42 Å². The Morgan fingerprint density at radius 3 is 2.27 bits per heavy atom. The molecular weight excluding hydrogens is 369 g/mol. The molecule has 0 saturated carbocycles. The summed E-state index contributed by atoms with van der Waals surface area (Å²) in [5.41, 5.74) is 5.31. The first-order valence-corrected chi connectivity index (χ1v) is 7.90. The van der Waals surface area contributed by atoms with Gasteiger partial charge in [0.25, 0.3) is 0 Å². The minimum atomic E-state index is -4.97. The number of nitrogens with one attached hydrogen (secondary N) is 1. The quantitative estimate of drug-likeness (QED) is 0.374. The fourth-order valence-corrected chi connectivity index (χ4v) is 3.06. The van der Waals surface area contributed by atoms with E-state index in [1.807, 2.05) is 0 Å². The number of carboxylic acids is 1. The molecule has 0 radical (unpaired) electrons. The van der Waals surface area contributed by atoms with Crippen molar-refractivity contribution in [2.24, 2.45) is 5.73 Å². The third-order valence-corrected chi connectivity index (χ3v) is 4.48. The van der Waals surface area contributed by atoms with E-state index in [-0.39, 0.29) is 38.1 Å². The van der Waals surface area contributed by atoms with E-state index in [1.54, 1.807) is 11.6 Å². The molecule has 136 valence electrons. The van der Waals surface area contributed by atoms with Gasteiger partial charge in [-0.15, -0.1) is 12.4 Å². The molecule has 2 unspecified atom stereocenters. The summed E-state index contributed by atoms with van der Waals surface area (Å²) in [6.45, 7) is -0.490. The van der Waals surface area contributed by atoms with E-state index in [9.17, 15) is 27.9 Å². The molecule has 0 bridgehead atoms. The van der Waals surface area contributed by atoms with Crippen LogP contribution < -0.4 is 11.1 Å². The van der Waals surface area contributed by atoms with Crippen molar-refractivity contribution in [1.29, 1.82) is 0 Å². The molecule has 6 nitrogen and oxygen atoms in total. The number of hydrogen-bond acceptors (Lipinski definition) is 4. The van der Waals surface area contributed by atoms with Gasteiger partial charge in [0.1, 0.15) is 6.04 Å². The van der Waals surface area contributed by atoms with Gasteiger partial charge in [0.15, 0.2) is 0 Å². The number of amides is 1. The summed E-state index contributed by atoms with van der Waals surface area (Å²) < 4.78 is 35.7. The molecule has 5 N–H and O–H groups in total. The predicted molar refractivity (Wildman–Crippen MR) is 87.6 cm³/mol. The molecule has 3 atom stereocenters. The summed E-state index contributed by atoms with van der Waals surface area (Å²) in [5.74, 6) is -2.52. The third-order valence-electron chi connectivity index (χ3n) is 2.42. The molecule has 0 aromatic heterocycles. The number of aliphatic hydroxyl groups excluding tert-OH is 1. The lowest BCUT2D eigenvalue weighted by Gasteiger charge is -2.21. The number of aliphatic carboxylic acids is 1. The van der Waals surface area contributed by atoms with Crippen molar-refractivity contribution in [2.75, 3.05) is 24.3 Å². The van der Waals surface area contributed by atoms with E-state index in [2.05, 4.69) is 0 Å². The number of carbonyl (C=O) groups is 2. The van der Waals surface area contributed by atoms with Crippen LogP contribution in [0.2, 0.25) is 0 Å². The molecule has 0 saturated heterocycles. The third kappa shape index (κ3) is 12.2. The van der Waals surface area contributed by atoms with Crippen molar-refractivity contribution < 1.29 is 33.0 Å². The molecule has 12 heteroatoms. The molecule has 0 heterocycles. The van der Waals surface area contributed by atoms with E-state index in [0.29, 0.717) is 5.75 Å². The first-order chi connectivity index (χ1) is 9.04. The van der Waals surface area contributed by atoms with E-state index in [1.165, 1.54) is 0 Å². The maximum Gasteiger partial charge on any atom is 0.471 e. The Morgan fingerprint density at radius 2 is 1.86 bits per heavy atom. The van der Waals surface area contributed by atoms with E-state index in [4.69, 9.17) is 10.8 Å². The zero-order chi connectivity index (χ0) is 15.9. The fourth-order valence-electron chi connectivity index (χ4n) is 1.31. The Balaban J connectivity index is -0.00000180. The average molecular weight is 391 g/mol. The normalized spacial score (nSPS) is 15.6. The molecular formula is C10H22ClF3N2O4S2. The first kappa shape index (κ1) is 26.5. The summed E-state index contributed by atoms with van der Waals surface area (Å²) >= 11 is 0. The summed E-state index contributed by atoms with van der Waals surface area (Å²) in [4.78, 5) is 21.0. The van der Waals surface area contributed by atoms with Gasteiger partial charge in [-0.1, -0.05) is 0 Å². The SMILES string of the molecule is C[SH](CC[C@H](N)C(=O)O)CC(O)CNC(=O)C(F)(F)F.Cl.S. The molecule has 0 aliphatic rings. The van der Waals surface area contributed by atoms with Gasteiger partial charge in [0.05, 0.1) is 6.10 Å². The molecule has 0 aromatic rings. The second kappa shape index (κ2) is 12.1. The Kier molecular flexibility index (Phi) is 14.6. The van der Waals surface area contributed by atoms with Crippen molar-refractivity contribution in [2.45, 2.75) is 24.7 Å². The molecule has 0 spiro atoms. The number of carboxylic acid groups (broad SMARTS) is 1. The minimum absolute atomic E-state index is 0. The van der Waals surface area contributed by atoms with E-state index < -0.39 is 47.6 Å². The van der Waals surface area contributed by atoms with Gasteiger partial charge in [0, 0.05) is 12.3 Å². The number of halogens is 4. The zero-order valence-electron chi connectivity index (χ0n) is 11.8. The van der Waals surface area contributed by atoms with Crippen LogP contribution in [0.3, 0.4) is 0 Å². The number of aliphatic hydroxyl groups is 1. The van der Waals surface area contributed by atoms with Crippen molar-refractivity contribution in [3.8, 4) is 0 Å². The molecule has 0 rings (SSSR count). The van der Waals surface area contributed by atoms with Gasteiger partial charge in [-0.25, -0.2) is 0 Å². The van der Waals surface area contributed by atoms with Crippen LogP contribution in [0.15, 0.2) is 0 Å². The Hall–Kier alpha value is -0.360. The van der Waals surface area contributed by atoms with Crippen molar-refractivity contribution >= 4 is 48.7 Å². The van der Waals surface area contributed by atoms with Crippen molar-refractivity contribution in [3.05, 3.63) is 0 Å². The predicted octanol–water partition coefficient (Wildman–Crippen LogP) is -0.00660. The summed E-state index contributed by atoms with van der Waals surface area (Å²) in [6.07, 6.45) is -4.05. The number of rotatable bonds is 8. The molecule has 0 aliphatic carbocycles. The van der Waals surface area contributed by atoms with Crippen molar-refractivity contribution in [3.63, 3.8) is 0 Å².